The lowest BCUT2D eigenvalue weighted by Crippen LogP contribution is -2.40. The monoisotopic (exact) mass is 370 g/mol. The molecule has 0 saturated carbocycles. The van der Waals surface area contributed by atoms with Gasteiger partial charge < -0.3 is 24.8 Å². The fourth-order valence-corrected chi connectivity index (χ4v) is 3.55. The first-order valence-corrected chi connectivity index (χ1v) is 9.16. The molecule has 2 N–H and O–H groups in total. The highest BCUT2D eigenvalue weighted by Crippen LogP contribution is 2.38. The van der Waals surface area contributed by atoms with E-state index in [9.17, 15) is 9.90 Å². The molecule has 3 rings (SSSR count). The number of aromatic hydroxyl groups is 1. The van der Waals surface area contributed by atoms with Crippen LogP contribution in [-0.2, 0) is 6.42 Å². The zero-order valence-electron chi connectivity index (χ0n) is 15.8. The standard InChI is InChI=1S/C21H26N2O4/c1-26-17-8-9-18(20(14-17)27-2)19-7-4-12-23(19)21(25)22-11-10-15-5-3-6-16(24)13-15/h3,5-6,8-9,13-14,19,24H,4,7,10-12H2,1-2H3,(H,22,25). The summed E-state index contributed by atoms with van der Waals surface area (Å²) in [7, 11) is 3.25. The molecule has 0 aliphatic carbocycles. The van der Waals surface area contributed by atoms with Gasteiger partial charge in [-0.15, -0.1) is 0 Å². The zero-order chi connectivity index (χ0) is 19.2. The van der Waals surface area contributed by atoms with Crippen LogP contribution in [0.4, 0.5) is 4.79 Å². The minimum absolute atomic E-state index is 0.00775. The van der Waals surface area contributed by atoms with Crippen molar-refractivity contribution in [1.29, 1.82) is 0 Å². The Morgan fingerprint density at radius 2 is 2.07 bits per heavy atom. The third-order valence-corrected chi connectivity index (χ3v) is 4.91. The highest BCUT2D eigenvalue weighted by atomic mass is 16.5. The second-order valence-corrected chi connectivity index (χ2v) is 6.61. The molecule has 1 unspecified atom stereocenters. The third-order valence-electron chi connectivity index (χ3n) is 4.91. The normalized spacial score (nSPS) is 16.2. The molecule has 1 heterocycles. The van der Waals surface area contributed by atoms with Crippen LogP contribution < -0.4 is 14.8 Å². The summed E-state index contributed by atoms with van der Waals surface area (Å²) >= 11 is 0. The molecule has 0 spiro atoms. The Balaban J connectivity index is 1.64. The lowest BCUT2D eigenvalue weighted by atomic mass is 10.0. The fourth-order valence-electron chi connectivity index (χ4n) is 3.55. The van der Waals surface area contributed by atoms with Gasteiger partial charge >= 0.3 is 6.03 Å². The number of phenolic OH excluding ortho intramolecular Hbond substituents is 1. The number of hydrogen-bond donors (Lipinski definition) is 2. The number of carbonyl (C=O) groups is 1. The highest BCUT2D eigenvalue weighted by molar-refractivity contribution is 5.75. The Kier molecular flexibility index (Phi) is 6.06. The summed E-state index contributed by atoms with van der Waals surface area (Å²) in [5, 5.41) is 12.5. The second kappa shape index (κ2) is 8.66. The summed E-state index contributed by atoms with van der Waals surface area (Å²) in [5.74, 6) is 1.71. The van der Waals surface area contributed by atoms with Crippen LogP contribution in [0.5, 0.6) is 17.2 Å². The van der Waals surface area contributed by atoms with Gasteiger partial charge in [-0.05, 0) is 49.1 Å². The summed E-state index contributed by atoms with van der Waals surface area (Å²) in [6.45, 7) is 1.24. The Morgan fingerprint density at radius 3 is 2.81 bits per heavy atom. The predicted molar refractivity (Wildman–Crippen MR) is 103 cm³/mol. The van der Waals surface area contributed by atoms with E-state index in [1.54, 1.807) is 32.4 Å². The maximum Gasteiger partial charge on any atom is 0.317 e. The molecule has 0 radical (unpaired) electrons. The van der Waals surface area contributed by atoms with Crippen molar-refractivity contribution in [1.82, 2.24) is 10.2 Å². The van der Waals surface area contributed by atoms with Crippen LogP contribution in [0.3, 0.4) is 0 Å². The van der Waals surface area contributed by atoms with Crippen molar-refractivity contribution < 1.29 is 19.4 Å². The maximum atomic E-state index is 12.7. The smallest absolute Gasteiger partial charge is 0.317 e. The molecule has 0 bridgehead atoms. The largest absolute Gasteiger partial charge is 0.508 e. The molecule has 6 heteroatoms. The van der Waals surface area contributed by atoms with E-state index in [0.29, 0.717) is 13.0 Å². The molecular formula is C21H26N2O4. The van der Waals surface area contributed by atoms with Gasteiger partial charge in [0.1, 0.15) is 17.2 Å². The van der Waals surface area contributed by atoms with Crippen molar-refractivity contribution in [2.24, 2.45) is 0 Å². The van der Waals surface area contributed by atoms with E-state index in [0.717, 1.165) is 42.0 Å². The molecule has 144 valence electrons. The minimum Gasteiger partial charge on any atom is -0.508 e. The predicted octanol–water partition coefficient (Wildman–Crippen LogP) is 3.50. The van der Waals surface area contributed by atoms with E-state index in [1.165, 1.54) is 0 Å². The molecule has 1 saturated heterocycles. The van der Waals surface area contributed by atoms with Crippen molar-refractivity contribution in [3.05, 3.63) is 53.6 Å². The van der Waals surface area contributed by atoms with Crippen molar-refractivity contribution in [2.75, 3.05) is 27.3 Å². The number of rotatable bonds is 6. The number of hydrogen-bond acceptors (Lipinski definition) is 4. The van der Waals surface area contributed by atoms with Gasteiger partial charge in [-0.3, -0.25) is 0 Å². The second-order valence-electron chi connectivity index (χ2n) is 6.61. The number of amides is 2. The van der Waals surface area contributed by atoms with E-state index >= 15 is 0 Å². The Bertz CT molecular complexity index is 794. The summed E-state index contributed by atoms with van der Waals surface area (Å²) in [6, 6.07) is 12.7. The van der Waals surface area contributed by atoms with Crippen LogP contribution in [0.15, 0.2) is 42.5 Å². The maximum absolute atomic E-state index is 12.7. The Labute approximate surface area is 159 Å². The molecule has 2 amide bonds. The average Bonchev–Trinajstić information content (AvgIpc) is 3.17. The Morgan fingerprint density at radius 1 is 1.22 bits per heavy atom. The number of likely N-dealkylation sites (tertiary alicyclic amines) is 1. The fraction of sp³-hybridized carbons (Fsp3) is 0.381. The summed E-state index contributed by atoms with van der Waals surface area (Å²) in [4.78, 5) is 14.6. The number of phenols is 1. The van der Waals surface area contributed by atoms with Crippen molar-refractivity contribution in [3.8, 4) is 17.2 Å². The van der Waals surface area contributed by atoms with Gasteiger partial charge in [0.05, 0.1) is 20.3 Å². The molecule has 1 aliphatic heterocycles. The van der Waals surface area contributed by atoms with Gasteiger partial charge in [0, 0.05) is 24.7 Å². The van der Waals surface area contributed by atoms with E-state index in [2.05, 4.69) is 5.32 Å². The molecule has 1 fully saturated rings. The Hall–Kier alpha value is -2.89. The van der Waals surface area contributed by atoms with Crippen LogP contribution in [-0.4, -0.2) is 43.3 Å². The van der Waals surface area contributed by atoms with Gasteiger partial charge in [0.25, 0.3) is 0 Å². The van der Waals surface area contributed by atoms with Crippen LogP contribution in [0.1, 0.15) is 30.0 Å². The lowest BCUT2D eigenvalue weighted by molar-refractivity contribution is 0.192. The first kappa shape index (κ1) is 18.9. The summed E-state index contributed by atoms with van der Waals surface area (Å²) in [6.07, 6.45) is 2.53. The number of ether oxygens (including phenoxy) is 2. The summed E-state index contributed by atoms with van der Waals surface area (Å²) in [5.41, 5.74) is 1.99. The third kappa shape index (κ3) is 4.45. The van der Waals surface area contributed by atoms with Crippen molar-refractivity contribution in [2.45, 2.75) is 25.3 Å². The topological polar surface area (TPSA) is 71.0 Å². The lowest BCUT2D eigenvalue weighted by Gasteiger charge is -2.26. The molecule has 27 heavy (non-hydrogen) atoms. The number of methoxy groups -OCH3 is 2. The van der Waals surface area contributed by atoms with E-state index < -0.39 is 0 Å². The van der Waals surface area contributed by atoms with Gasteiger partial charge in [0.2, 0.25) is 0 Å². The number of nitrogens with one attached hydrogen (secondary N) is 1. The molecule has 1 aliphatic rings. The van der Waals surface area contributed by atoms with Gasteiger partial charge in [-0.25, -0.2) is 4.79 Å². The average molecular weight is 370 g/mol. The van der Waals surface area contributed by atoms with Gasteiger partial charge in [0.15, 0.2) is 0 Å². The van der Waals surface area contributed by atoms with Gasteiger partial charge in [-0.2, -0.15) is 0 Å². The number of nitrogens with zero attached hydrogens (tertiary/aromatic N) is 1. The van der Waals surface area contributed by atoms with Crippen LogP contribution in [0, 0.1) is 0 Å². The minimum atomic E-state index is -0.0736. The van der Waals surface area contributed by atoms with E-state index in [1.807, 2.05) is 29.2 Å². The quantitative estimate of drug-likeness (QED) is 0.816. The van der Waals surface area contributed by atoms with Crippen LogP contribution in [0.2, 0.25) is 0 Å². The first-order valence-electron chi connectivity index (χ1n) is 9.16. The number of carbonyl (C=O) groups excluding carboxylic acids is 1. The first-order chi connectivity index (χ1) is 13.1. The van der Waals surface area contributed by atoms with Crippen LogP contribution in [0.25, 0.3) is 0 Å². The molecule has 6 nitrogen and oxygen atoms in total. The van der Waals surface area contributed by atoms with E-state index in [4.69, 9.17) is 9.47 Å². The molecule has 0 aromatic heterocycles. The molecule has 1 atom stereocenters. The van der Waals surface area contributed by atoms with Gasteiger partial charge in [-0.1, -0.05) is 12.1 Å². The van der Waals surface area contributed by atoms with Crippen molar-refractivity contribution >= 4 is 6.03 Å². The molecule has 2 aromatic carbocycles. The number of urea groups is 1. The van der Waals surface area contributed by atoms with Crippen molar-refractivity contribution in [3.63, 3.8) is 0 Å². The molecular weight excluding hydrogens is 344 g/mol. The summed E-state index contributed by atoms with van der Waals surface area (Å²) < 4.78 is 10.8. The molecule has 2 aromatic rings. The van der Waals surface area contributed by atoms with Crippen LogP contribution >= 0.6 is 0 Å². The number of benzene rings is 2. The SMILES string of the molecule is COc1ccc(C2CCCN2C(=O)NCCc2cccc(O)c2)c(OC)c1. The highest BCUT2D eigenvalue weighted by Gasteiger charge is 2.31. The van der Waals surface area contributed by atoms with E-state index in [-0.39, 0.29) is 17.8 Å². The zero-order valence-corrected chi connectivity index (χ0v) is 15.8.